The van der Waals surface area contributed by atoms with E-state index < -0.39 is 79.6 Å². The molecule has 2 aliphatic rings. The Morgan fingerprint density at radius 1 is 0.875 bits per heavy atom. The summed E-state index contributed by atoms with van der Waals surface area (Å²) in [5.41, 5.74) is 0. The van der Waals surface area contributed by atoms with E-state index in [2.05, 4.69) is 6.92 Å². The molecule has 0 radical (unpaired) electrons. The molecule has 12 heteroatoms. The molecule has 12 nitrogen and oxygen atoms in total. The van der Waals surface area contributed by atoms with Crippen LogP contribution in [0.15, 0.2) is 11.5 Å². The fourth-order valence-corrected chi connectivity index (χ4v) is 4.73. The lowest BCUT2D eigenvalue weighted by Crippen LogP contribution is -2.59. The SMILES string of the molecule is CCCCCCCCCCCCCCCC(=O)OC[C@H]1O[C@@H](OC2=C(O)[C@@H]([C@@H](O)CO)OC2=O)[C@H](O)[C@@H](O)[C@@H]1O. The largest absolute Gasteiger partial charge is 0.505 e. The van der Waals surface area contributed by atoms with Crippen molar-refractivity contribution in [1.82, 2.24) is 0 Å². The Labute approximate surface area is 235 Å². The van der Waals surface area contributed by atoms with Crippen molar-refractivity contribution in [3.8, 4) is 0 Å². The number of esters is 2. The van der Waals surface area contributed by atoms with E-state index in [0.717, 1.165) is 19.3 Å². The fraction of sp³-hybridized carbons (Fsp3) is 0.857. The van der Waals surface area contributed by atoms with Gasteiger partial charge >= 0.3 is 11.9 Å². The first-order valence-corrected chi connectivity index (χ1v) is 14.7. The van der Waals surface area contributed by atoms with Crippen LogP contribution in [0.3, 0.4) is 0 Å². The van der Waals surface area contributed by atoms with Crippen molar-refractivity contribution < 1.29 is 59.2 Å². The van der Waals surface area contributed by atoms with E-state index in [9.17, 15) is 35.1 Å². The van der Waals surface area contributed by atoms with Crippen LogP contribution in [0, 0.1) is 0 Å². The first-order valence-electron chi connectivity index (χ1n) is 14.7. The summed E-state index contributed by atoms with van der Waals surface area (Å²) >= 11 is 0. The zero-order chi connectivity index (χ0) is 29.5. The van der Waals surface area contributed by atoms with Crippen LogP contribution in [0.25, 0.3) is 0 Å². The number of carbonyl (C=O) groups excluding carboxylic acids is 2. The number of rotatable bonds is 20. The normalized spacial score (nSPS) is 27.5. The van der Waals surface area contributed by atoms with Gasteiger partial charge in [0, 0.05) is 6.42 Å². The van der Waals surface area contributed by atoms with Crippen LogP contribution in [0.1, 0.15) is 96.8 Å². The molecule has 0 amide bonds. The smallest absolute Gasteiger partial charge is 0.378 e. The molecule has 0 spiro atoms. The summed E-state index contributed by atoms with van der Waals surface area (Å²) in [5, 5.41) is 59.5. The molecule has 6 N–H and O–H groups in total. The van der Waals surface area contributed by atoms with Crippen molar-refractivity contribution in [3.63, 3.8) is 0 Å². The predicted molar refractivity (Wildman–Crippen MR) is 142 cm³/mol. The van der Waals surface area contributed by atoms with E-state index in [4.69, 9.17) is 24.1 Å². The summed E-state index contributed by atoms with van der Waals surface area (Å²) in [4.78, 5) is 24.2. The Morgan fingerprint density at radius 2 is 1.43 bits per heavy atom. The molecule has 0 aromatic carbocycles. The number of aliphatic hydroxyl groups excluding tert-OH is 6. The van der Waals surface area contributed by atoms with Crippen molar-refractivity contribution >= 4 is 11.9 Å². The summed E-state index contributed by atoms with van der Waals surface area (Å²) in [6, 6.07) is 0. The van der Waals surface area contributed by atoms with E-state index in [1.165, 1.54) is 57.8 Å². The lowest BCUT2D eigenvalue weighted by atomic mass is 9.99. The van der Waals surface area contributed by atoms with Gasteiger partial charge in [-0.3, -0.25) is 4.79 Å². The minimum Gasteiger partial charge on any atom is -0.505 e. The molecular weight excluding hydrogens is 528 g/mol. The third-order valence-electron chi connectivity index (χ3n) is 7.25. The zero-order valence-electron chi connectivity index (χ0n) is 23.5. The molecule has 0 unspecified atom stereocenters. The first kappa shape index (κ1) is 34.2. The number of unbranched alkanes of at least 4 members (excludes halogenated alkanes) is 12. The standard InChI is InChI=1S/C28H48O12/c1-2-3-4-5-6-7-8-9-10-11-12-13-14-15-20(31)37-17-19-21(32)22(33)23(34)28(38-19)40-26-24(35)25(18(30)16-29)39-27(26)36/h18-19,21-23,25,28-30,32-35H,2-17H2,1H3/t18-,19+,21+,22-,23+,25+,28-/m0/s1. The average molecular weight is 577 g/mol. The number of cyclic esters (lactones) is 1. The minimum atomic E-state index is -1.83. The van der Waals surface area contributed by atoms with Crippen LogP contribution in [0.2, 0.25) is 0 Å². The number of carbonyl (C=O) groups is 2. The zero-order valence-corrected chi connectivity index (χ0v) is 23.5. The van der Waals surface area contributed by atoms with Crippen LogP contribution in [-0.2, 0) is 28.5 Å². The second-order valence-electron chi connectivity index (χ2n) is 10.6. The second kappa shape index (κ2) is 18.5. The fourth-order valence-electron chi connectivity index (χ4n) is 4.73. The Balaban J connectivity index is 1.66. The molecule has 232 valence electrons. The maximum atomic E-state index is 12.2. The van der Waals surface area contributed by atoms with E-state index in [0.29, 0.717) is 6.42 Å². The summed E-state index contributed by atoms with van der Waals surface area (Å²) < 4.78 is 20.5. The van der Waals surface area contributed by atoms with Crippen LogP contribution in [0.5, 0.6) is 0 Å². The molecule has 0 saturated carbocycles. The van der Waals surface area contributed by atoms with Crippen molar-refractivity contribution in [2.24, 2.45) is 0 Å². The first-order chi connectivity index (χ1) is 19.2. The van der Waals surface area contributed by atoms with E-state index in [1.807, 2.05) is 0 Å². The van der Waals surface area contributed by atoms with Crippen LogP contribution >= 0.6 is 0 Å². The minimum absolute atomic E-state index is 0.187. The molecule has 2 aliphatic heterocycles. The van der Waals surface area contributed by atoms with Crippen LogP contribution in [0.4, 0.5) is 0 Å². The van der Waals surface area contributed by atoms with Gasteiger partial charge in [-0.25, -0.2) is 4.79 Å². The van der Waals surface area contributed by atoms with Crippen LogP contribution in [-0.4, -0.2) is 98.7 Å². The van der Waals surface area contributed by atoms with Gasteiger partial charge in [-0.15, -0.1) is 0 Å². The number of hydrogen-bond donors (Lipinski definition) is 6. The van der Waals surface area contributed by atoms with Gasteiger partial charge in [0.2, 0.25) is 12.0 Å². The predicted octanol–water partition coefficient (Wildman–Crippen LogP) is 1.88. The maximum absolute atomic E-state index is 12.2. The molecular formula is C28H48O12. The lowest BCUT2D eigenvalue weighted by Gasteiger charge is -2.39. The molecule has 7 atom stereocenters. The molecule has 0 aromatic rings. The maximum Gasteiger partial charge on any atom is 0.378 e. The number of ether oxygens (including phenoxy) is 4. The highest BCUT2D eigenvalue weighted by molar-refractivity contribution is 5.89. The lowest BCUT2D eigenvalue weighted by molar-refractivity contribution is -0.292. The van der Waals surface area contributed by atoms with Gasteiger partial charge in [0.15, 0.2) is 11.9 Å². The van der Waals surface area contributed by atoms with E-state index in [1.54, 1.807) is 0 Å². The molecule has 40 heavy (non-hydrogen) atoms. The molecule has 0 aromatic heterocycles. The topological polar surface area (TPSA) is 192 Å². The van der Waals surface area contributed by atoms with Gasteiger partial charge < -0.3 is 49.6 Å². The van der Waals surface area contributed by atoms with Crippen LogP contribution < -0.4 is 0 Å². The highest BCUT2D eigenvalue weighted by Crippen LogP contribution is 2.30. The van der Waals surface area contributed by atoms with Crippen molar-refractivity contribution in [3.05, 3.63) is 11.5 Å². The third-order valence-corrected chi connectivity index (χ3v) is 7.25. The molecule has 2 heterocycles. The van der Waals surface area contributed by atoms with Gasteiger partial charge in [-0.05, 0) is 6.42 Å². The van der Waals surface area contributed by atoms with Crippen molar-refractivity contribution in [2.75, 3.05) is 13.2 Å². The Hall–Kier alpha value is -1.96. The highest BCUT2D eigenvalue weighted by atomic mass is 16.7. The van der Waals surface area contributed by atoms with Gasteiger partial charge in [0.1, 0.15) is 37.1 Å². The quantitative estimate of drug-likeness (QED) is 0.0912. The van der Waals surface area contributed by atoms with Gasteiger partial charge in [0.05, 0.1) is 6.61 Å². The third kappa shape index (κ3) is 10.8. The summed E-state index contributed by atoms with van der Waals surface area (Å²) in [7, 11) is 0. The molecule has 0 aliphatic carbocycles. The van der Waals surface area contributed by atoms with Crippen molar-refractivity contribution in [1.29, 1.82) is 0 Å². The average Bonchev–Trinajstić information content (AvgIpc) is 3.22. The Kier molecular flexibility index (Phi) is 15.8. The molecule has 2 rings (SSSR count). The van der Waals surface area contributed by atoms with Gasteiger partial charge in [-0.2, -0.15) is 0 Å². The Bertz CT molecular complexity index is 787. The van der Waals surface area contributed by atoms with E-state index in [-0.39, 0.29) is 6.42 Å². The Morgan fingerprint density at radius 3 is 1.98 bits per heavy atom. The molecule has 0 bridgehead atoms. The highest BCUT2D eigenvalue weighted by Gasteiger charge is 2.48. The molecule has 1 fully saturated rings. The van der Waals surface area contributed by atoms with Gasteiger partial charge in [0.25, 0.3) is 0 Å². The van der Waals surface area contributed by atoms with E-state index >= 15 is 0 Å². The van der Waals surface area contributed by atoms with Crippen molar-refractivity contribution in [2.45, 2.75) is 140 Å². The summed E-state index contributed by atoms with van der Waals surface area (Å²) in [5.74, 6) is -3.31. The monoisotopic (exact) mass is 576 g/mol. The number of aliphatic hydroxyl groups is 6. The second-order valence-corrected chi connectivity index (χ2v) is 10.6. The van der Waals surface area contributed by atoms with Gasteiger partial charge in [-0.1, -0.05) is 84.0 Å². The summed E-state index contributed by atoms with van der Waals surface area (Å²) in [6.07, 6.45) is 4.10. The summed E-state index contributed by atoms with van der Waals surface area (Å²) in [6.45, 7) is 0.973. The molecule has 1 saturated heterocycles. The number of hydrogen-bond acceptors (Lipinski definition) is 12.